The quantitative estimate of drug-likeness (QED) is 0.341. The number of halogens is 1. The Hall–Kier alpha value is -1.90. The maximum atomic E-state index is 13.8. The standard InChI is InChI=1S/C11H15FN4O3/c12-9-3-7(1-2-10(9)14-6-15-13)16-4-8(5-17)19-11(16)18/h1-3,8,14-15,17H,4-6,13H2/t8-/m1/s1. The lowest BCUT2D eigenvalue weighted by atomic mass is 10.2. The second kappa shape index (κ2) is 5.83. The van der Waals surface area contributed by atoms with Gasteiger partial charge in [-0.2, -0.15) is 0 Å². The Labute approximate surface area is 109 Å². The Morgan fingerprint density at radius 1 is 1.58 bits per heavy atom. The number of amides is 1. The lowest BCUT2D eigenvalue weighted by Gasteiger charge is -2.14. The molecule has 1 amide bonds. The molecule has 1 fully saturated rings. The van der Waals surface area contributed by atoms with Gasteiger partial charge in [0.2, 0.25) is 0 Å². The number of ether oxygens (including phenoxy) is 1. The van der Waals surface area contributed by atoms with E-state index in [0.717, 1.165) is 0 Å². The van der Waals surface area contributed by atoms with E-state index < -0.39 is 18.0 Å². The molecule has 8 heteroatoms. The van der Waals surface area contributed by atoms with Crippen molar-refractivity contribution in [3.05, 3.63) is 24.0 Å². The minimum atomic E-state index is -0.595. The molecule has 0 aliphatic carbocycles. The number of hydrogen-bond acceptors (Lipinski definition) is 6. The average molecular weight is 270 g/mol. The average Bonchev–Trinajstić information content (AvgIpc) is 2.78. The number of carbonyl (C=O) groups excluding carboxylic acids is 1. The third-order valence-corrected chi connectivity index (χ3v) is 2.72. The van der Waals surface area contributed by atoms with E-state index in [2.05, 4.69) is 10.7 Å². The number of cyclic esters (lactones) is 1. The van der Waals surface area contributed by atoms with Crippen molar-refractivity contribution < 1.29 is 19.0 Å². The van der Waals surface area contributed by atoms with E-state index in [0.29, 0.717) is 5.69 Å². The van der Waals surface area contributed by atoms with Crippen LogP contribution in [0.2, 0.25) is 0 Å². The van der Waals surface area contributed by atoms with Crippen LogP contribution in [0.1, 0.15) is 0 Å². The van der Waals surface area contributed by atoms with Gasteiger partial charge in [0.05, 0.1) is 31.2 Å². The van der Waals surface area contributed by atoms with Crippen molar-refractivity contribution in [3.8, 4) is 0 Å². The summed E-state index contributed by atoms with van der Waals surface area (Å²) in [6.07, 6.45) is -1.17. The van der Waals surface area contributed by atoms with Crippen molar-refractivity contribution in [3.63, 3.8) is 0 Å². The molecule has 2 rings (SSSR count). The molecule has 1 aliphatic heterocycles. The fourth-order valence-corrected chi connectivity index (χ4v) is 1.79. The van der Waals surface area contributed by atoms with Gasteiger partial charge in [0.15, 0.2) is 0 Å². The molecule has 7 nitrogen and oxygen atoms in total. The summed E-state index contributed by atoms with van der Waals surface area (Å²) in [5.41, 5.74) is 2.99. The molecule has 0 aromatic heterocycles. The van der Waals surface area contributed by atoms with Crippen LogP contribution in [-0.4, -0.2) is 37.1 Å². The molecule has 0 spiro atoms. The Balaban J connectivity index is 2.13. The fraction of sp³-hybridized carbons (Fsp3) is 0.364. The van der Waals surface area contributed by atoms with Gasteiger partial charge in [0.25, 0.3) is 0 Å². The molecule has 1 aromatic carbocycles. The summed E-state index contributed by atoms with van der Waals surface area (Å²) < 4.78 is 18.7. The number of hydrogen-bond donors (Lipinski definition) is 4. The van der Waals surface area contributed by atoms with Crippen LogP contribution in [0.3, 0.4) is 0 Å². The van der Waals surface area contributed by atoms with Gasteiger partial charge >= 0.3 is 6.09 Å². The lowest BCUT2D eigenvalue weighted by Crippen LogP contribution is -2.28. The highest BCUT2D eigenvalue weighted by molar-refractivity contribution is 5.90. The van der Waals surface area contributed by atoms with E-state index in [1.165, 1.54) is 17.0 Å². The normalized spacial score (nSPS) is 18.6. The summed E-state index contributed by atoms with van der Waals surface area (Å²) in [7, 11) is 0. The number of nitrogens with two attached hydrogens (primary N) is 1. The molecule has 19 heavy (non-hydrogen) atoms. The highest BCUT2D eigenvalue weighted by atomic mass is 19.1. The minimum absolute atomic E-state index is 0.200. The Kier molecular flexibility index (Phi) is 4.15. The SMILES string of the molecule is NNCNc1ccc(N2C[C@H](CO)OC2=O)cc1F. The third kappa shape index (κ3) is 2.92. The van der Waals surface area contributed by atoms with Crippen LogP contribution in [0.5, 0.6) is 0 Å². The Morgan fingerprint density at radius 2 is 2.37 bits per heavy atom. The zero-order chi connectivity index (χ0) is 13.8. The molecule has 0 saturated carbocycles. The molecule has 0 bridgehead atoms. The van der Waals surface area contributed by atoms with E-state index in [9.17, 15) is 9.18 Å². The number of hydrazine groups is 1. The monoisotopic (exact) mass is 270 g/mol. The highest BCUT2D eigenvalue weighted by Gasteiger charge is 2.32. The number of anilines is 2. The van der Waals surface area contributed by atoms with Crippen LogP contribution in [0.25, 0.3) is 0 Å². The molecule has 1 aliphatic rings. The topological polar surface area (TPSA) is 99.8 Å². The largest absolute Gasteiger partial charge is 0.441 e. The molecule has 1 heterocycles. The van der Waals surface area contributed by atoms with Gasteiger partial charge in [0.1, 0.15) is 11.9 Å². The second-order valence-electron chi connectivity index (χ2n) is 4.02. The van der Waals surface area contributed by atoms with Crippen LogP contribution in [0, 0.1) is 5.82 Å². The van der Waals surface area contributed by atoms with E-state index in [4.69, 9.17) is 15.7 Å². The van der Waals surface area contributed by atoms with Crippen LogP contribution in [0.15, 0.2) is 18.2 Å². The summed E-state index contributed by atoms with van der Waals surface area (Å²) in [4.78, 5) is 12.8. The number of rotatable bonds is 5. The first-order chi connectivity index (χ1) is 9.15. The van der Waals surface area contributed by atoms with Crippen LogP contribution >= 0.6 is 0 Å². The molecule has 104 valence electrons. The van der Waals surface area contributed by atoms with Gasteiger partial charge in [0, 0.05) is 0 Å². The van der Waals surface area contributed by atoms with Crippen molar-refractivity contribution >= 4 is 17.5 Å². The number of aliphatic hydroxyl groups excluding tert-OH is 1. The summed E-state index contributed by atoms with van der Waals surface area (Å²) >= 11 is 0. The zero-order valence-corrected chi connectivity index (χ0v) is 10.1. The predicted molar refractivity (Wildman–Crippen MR) is 66.9 cm³/mol. The van der Waals surface area contributed by atoms with E-state index in [1.54, 1.807) is 6.07 Å². The summed E-state index contributed by atoms with van der Waals surface area (Å²) in [6, 6.07) is 4.31. The summed E-state index contributed by atoms with van der Waals surface area (Å²) in [5, 5.41) is 11.7. The smallest absolute Gasteiger partial charge is 0.414 e. The van der Waals surface area contributed by atoms with Crippen molar-refractivity contribution in [2.24, 2.45) is 5.84 Å². The molecule has 5 N–H and O–H groups in total. The van der Waals surface area contributed by atoms with Gasteiger partial charge in [-0.1, -0.05) is 0 Å². The predicted octanol–water partition coefficient (Wildman–Crippen LogP) is -0.0241. The van der Waals surface area contributed by atoms with Crippen molar-refractivity contribution in [1.82, 2.24) is 5.43 Å². The minimum Gasteiger partial charge on any atom is -0.441 e. The number of nitrogens with one attached hydrogen (secondary N) is 2. The number of aliphatic hydroxyl groups is 1. The van der Waals surface area contributed by atoms with Crippen LogP contribution in [0.4, 0.5) is 20.6 Å². The van der Waals surface area contributed by atoms with Gasteiger partial charge < -0.3 is 15.2 Å². The van der Waals surface area contributed by atoms with Gasteiger partial charge in [-0.3, -0.25) is 10.7 Å². The molecular formula is C11H15FN4O3. The fourth-order valence-electron chi connectivity index (χ4n) is 1.79. The highest BCUT2D eigenvalue weighted by Crippen LogP contribution is 2.25. The van der Waals surface area contributed by atoms with Crippen molar-refractivity contribution in [1.29, 1.82) is 0 Å². The Bertz CT molecular complexity index is 471. The van der Waals surface area contributed by atoms with E-state index in [-0.39, 0.29) is 25.5 Å². The molecule has 0 unspecified atom stereocenters. The maximum Gasteiger partial charge on any atom is 0.414 e. The number of benzene rings is 1. The molecule has 1 saturated heterocycles. The number of carbonyl (C=O) groups is 1. The number of nitrogens with zero attached hydrogens (tertiary/aromatic N) is 1. The first-order valence-electron chi connectivity index (χ1n) is 5.71. The molecule has 1 aromatic rings. The Morgan fingerprint density at radius 3 is 2.95 bits per heavy atom. The van der Waals surface area contributed by atoms with Crippen LogP contribution in [-0.2, 0) is 4.74 Å². The third-order valence-electron chi connectivity index (χ3n) is 2.72. The zero-order valence-electron chi connectivity index (χ0n) is 10.1. The molecule has 1 atom stereocenters. The van der Waals surface area contributed by atoms with Gasteiger partial charge in [-0.15, -0.1) is 0 Å². The summed E-state index contributed by atoms with van der Waals surface area (Å²) in [6.45, 7) is 0.160. The first kappa shape index (κ1) is 13.5. The molecular weight excluding hydrogens is 255 g/mol. The first-order valence-corrected chi connectivity index (χ1v) is 5.71. The summed E-state index contributed by atoms with van der Waals surface area (Å²) in [5.74, 6) is 4.57. The van der Waals surface area contributed by atoms with Gasteiger partial charge in [-0.05, 0) is 18.2 Å². The second-order valence-corrected chi connectivity index (χ2v) is 4.02. The van der Waals surface area contributed by atoms with E-state index >= 15 is 0 Å². The van der Waals surface area contributed by atoms with E-state index in [1.807, 2.05) is 0 Å². The molecule has 0 radical (unpaired) electrons. The lowest BCUT2D eigenvalue weighted by molar-refractivity contribution is 0.0963. The van der Waals surface area contributed by atoms with Crippen molar-refractivity contribution in [2.45, 2.75) is 6.10 Å². The van der Waals surface area contributed by atoms with Crippen LogP contribution < -0.4 is 21.5 Å². The maximum absolute atomic E-state index is 13.8. The van der Waals surface area contributed by atoms with Gasteiger partial charge in [-0.25, -0.2) is 14.6 Å². The van der Waals surface area contributed by atoms with Crippen molar-refractivity contribution in [2.75, 3.05) is 30.0 Å².